The highest BCUT2D eigenvalue weighted by Crippen LogP contribution is 2.19. The van der Waals surface area contributed by atoms with Crippen molar-refractivity contribution in [2.45, 2.75) is 13.5 Å². The zero-order valence-corrected chi connectivity index (χ0v) is 13.9. The number of hydrogen-bond acceptors (Lipinski definition) is 3. The second-order valence-electron chi connectivity index (χ2n) is 5.35. The number of halogens is 3. The summed E-state index contributed by atoms with van der Waals surface area (Å²) in [6, 6.07) is 9.70. The maximum absolute atomic E-state index is 13.4. The minimum atomic E-state index is -3.04. The number of rotatable bonds is 7. The Kier molecular flexibility index (Phi) is 6.60. The highest BCUT2D eigenvalue weighted by Gasteiger charge is 2.15. The molecular weight excluding hydrogens is 349 g/mol. The largest absolute Gasteiger partial charge is 0.434 e. The molecule has 0 unspecified atom stereocenters. The fourth-order valence-electron chi connectivity index (χ4n) is 2.14. The van der Waals surface area contributed by atoms with Crippen molar-refractivity contribution >= 4 is 11.8 Å². The highest BCUT2D eigenvalue weighted by molar-refractivity contribution is 5.97. The molecule has 2 aromatic rings. The van der Waals surface area contributed by atoms with Gasteiger partial charge in [0.05, 0.1) is 5.56 Å². The number of nitrogens with one attached hydrogen (secondary N) is 2. The molecule has 0 aliphatic heterocycles. The predicted molar refractivity (Wildman–Crippen MR) is 88.9 cm³/mol. The highest BCUT2D eigenvalue weighted by atomic mass is 19.3. The van der Waals surface area contributed by atoms with Gasteiger partial charge in [-0.05, 0) is 36.8 Å². The second kappa shape index (κ2) is 8.89. The van der Waals surface area contributed by atoms with Crippen molar-refractivity contribution in [2.75, 3.05) is 13.1 Å². The Balaban J connectivity index is 1.85. The molecule has 0 heterocycles. The lowest BCUT2D eigenvalue weighted by Crippen LogP contribution is -2.35. The molecule has 2 rings (SSSR count). The zero-order chi connectivity index (χ0) is 19.1. The van der Waals surface area contributed by atoms with Crippen molar-refractivity contribution in [1.82, 2.24) is 10.6 Å². The SMILES string of the molecule is Cc1ccc(C(=O)NCCNC(=O)c2ccccc2OC(F)F)cc1F. The smallest absolute Gasteiger partial charge is 0.387 e. The average Bonchev–Trinajstić information content (AvgIpc) is 2.60. The number of para-hydroxylation sites is 1. The quantitative estimate of drug-likeness (QED) is 0.741. The number of benzene rings is 2. The lowest BCUT2D eigenvalue weighted by Gasteiger charge is -2.11. The second-order valence-corrected chi connectivity index (χ2v) is 5.35. The van der Waals surface area contributed by atoms with E-state index in [0.717, 1.165) is 6.07 Å². The van der Waals surface area contributed by atoms with E-state index in [2.05, 4.69) is 15.4 Å². The summed E-state index contributed by atoms with van der Waals surface area (Å²) >= 11 is 0. The number of aryl methyl sites for hydroxylation is 1. The first-order chi connectivity index (χ1) is 12.4. The van der Waals surface area contributed by atoms with Crippen molar-refractivity contribution in [3.63, 3.8) is 0 Å². The Morgan fingerprint density at radius 3 is 2.35 bits per heavy atom. The van der Waals surface area contributed by atoms with Gasteiger partial charge in [0.1, 0.15) is 11.6 Å². The van der Waals surface area contributed by atoms with Crippen LogP contribution in [0.15, 0.2) is 42.5 Å². The summed E-state index contributed by atoms with van der Waals surface area (Å²) in [5.74, 6) is -1.82. The van der Waals surface area contributed by atoms with E-state index in [1.54, 1.807) is 6.92 Å². The van der Waals surface area contributed by atoms with Gasteiger partial charge in [-0.15, -0.1) is 0 Å². The number of ether oxygens (including phenoxy) is 1. The maximum Gasteiger partial charge on any atom is 0.387 e. The summed E-state index contributed by atoms with van der Waals surface area (Å²) in [4.78, 5) is 23.9. The van der Waals surface area contributed by atoms with Crippen LogP contribution >= 0.6 is 0 Å². The minimum absolute atomic E-state index is 0.0419. The molecule has 0 spiro atoms. The van der Waals surface area contributed by atoms with Gasteiger partial charge in [0, 0.05) is 18.7 Å². The van der Waals surface area contributed by atoms with Gasteiger partial charge >= 0.3 is 6.61 Å². The van der Waals surface area contributed by atoms with Crippen LogP contribution in [0.2, 0.25) is 0 Å². The first-order valence-electron chi connectivity index (χ1n) is 7.75. The van der Waals surface area contributed by atoms with E-state index < -0.39 is 24.2 Å². The van der Waals surface area contributed by atoms with Gasteiger partial charge in [0.25, 0.3) is 11.8 Å². The zero-order valence-electron chi connectivity index (χ0n) is 13.9. The Morgan fingerprint density at radius 2 is 1.69 bits per heavy atom. The van der Waals surface area contributed by atoms with E-state index in [1.165, 1.54) is 36.4 Å². The summed E-state index contributed by atoms with van der Waals surface area (Å²) in [6.45, 7) is -1.32. The molecule has 0 saturated heterocycles. The first kappa shape index (κ1) is 19.3. The number of carbonyl (C=O) groups excluding carboxylic acids is 2. The third-order valence-corrected chi connectivity index (χ3v) is 3.48. The van der Waals surface area contributed by atoms with Crippen LogP contribution in [0.3, 0.4) is 0 Å². The van der Waals surface area contributed by atoms with Crippen molar-refractivity contribution < 1.29 is 27.5 Å². The fraction of sp³-hybridized carbons (Fsp3) is 0.222. The number of hydrogen-bond donors (Lipinski definition) is 2. The molecule has 0 bridgehead atoms. The van der Waals surface area contributed by atoms with Crippen LogP contribution < -0.4 is 15.4 Å². The normalized spacial score (nSPS) is 10.5. The summed E-state index contributed by atoms with van der Waals surface area (Å²) in [6.07, 6.45) is 0. The summed E-state index contributed by atoms with van der Waals surface area (Å²) < 4.78 is 42.4. The number of carbonyl (C=O) groups is 2. The van der Waals surface area contributed by atoms with Gasteiger partial charge in [-0.3, -0.25) is 9.59 Å². The molecule has 138 valence electrons. The molecule has 0 aliphatic rings. The molecule has 8 heteroatoms. The molecule has 0 fully saturated rings. The molecule has 0 aliphatic carbocycles. The van der Waals surface area contributed by atoms with Gasteiger partial charge < -0.3 is 15.4 Å². The topological polar surface area (TPSA) is 67.4 Å². The lowest BCUT2D eigenvalue weighted by atomic mass is 10.1. The maximum atomic E-state index is 13.4. The van der Waals surface area contributed by atoms with Crippen molar-refractivity contribution in [2.24, 2.45) is 0 Å². The molecular formula is C18H17F3N2O3. The molecule has 0 aromatic heterocycles. The number of amides is 2. The summed E-state index contributed by atoms with van der Waals surface area (Å²) in [7, 11) is 0. The van der Waals surface area contributed by atoms with Crippen LogP contribution in [-0.4, -0.2) is 31.5 Å². The van der Waals surface area contributed by atoms with Crippen molar-refractivity contribution in [3.8, 4) is 5.75 Å². The molecule has 2 aromatic carbocycles. The van der Waals surface area contributed by atoms with Crippen LogP contribution in [-0.2, 0) is 0 Å². The van der Waals surface area contributed by atoms with E-state index in [0.29, 0.717) is 5.56 Å². The average molecular weight is 366 g/mol. The monoisotopic (exact) mass is 366 g/mol. The Hall–Kier alpha value is -3.03. The summed E-state index contributed by atoms with van der Waals surface area (Å²) in [5.41, 5.74) is 0.549. The van der Waals surface area contributed by atoms with E-state index in [4.69, 9.17) is 0 Å². The van der Waals surface area contributed by atoms with Crippen LogP contribution in [0.4, 0.5) is 13.2 Å². The van der Waals surface area contributed by atoms with Gasteiger partial charge in [0.2, 0.25) is 0 Å². The van der Waals surface area contributed by atoms with Gasteiger partial charge in [-0.1, -0.05) is 18.2 Å². The van der Waals surface area contributed by atoms with Gasteiger partial charge in [0.15, 0.2) is 0 Å². The Morgan fingerprint density at radius 1 is 1.04 bits per heavy atom. The fourth-order valence-corrected chi connectivity index (χ4v) is 2.14. The van der Waals surface area contributed by atoms with E-state index >= 15 is 0 Å². The first-order valence-corrected chi connectivity index (χ1v) is 7.75. The Labute approximate surface area is 148 Å². The third-order valence-electron chi connectivity index (χ3n) is 3.48. The van der Waals surface area contributed by atoms with Crippen LogP contribution in [0.1, 0.15) is 26.3 Å². The van der Waals surface area contributed by atoms with Crippen LogP contribution in [0.5, 0.6) is 5.75 Å². The molecule has 0 atom stereocenters. The molecule has 0 saturated carbocycles. The lowest BCUT2D eigenvalue weighted by molar-refractivity contribution is -0.0501. The molecule has 0 radical (unpaired) electrons. The third kappa shape index (κ3) is 5.23. The van der Waals surface area contributed by atoms with Gasteiger partial charge in [-0.25, -0.2) is 4.39 Å². The molecule has 5 nitrogen and oxygen atoms in total. The Bertz CT molecular complexity index is 797. The van der Waals surface area contributed by atoms with Crippen molar-refractivity contribution in [3.05, 3.63) is 65.0 Å². The van der Waals surface area contributed by atoms with Gasteiger partial charge in [-0.2, -0.15) is 8.78 Å². The van der Waals surface area contributed by atoms with Crippen LogP contribution in [0, 0.1) is 12.7 Å². The molecule has 2 N–H and O–H groups in total. The summed E-state index contributed by atoms with van der Waals surface area (Å²) in [5, 5.41) is 5.01. The van der Waals surface area contributed by atoms with E-state index in [1.807, 2.05) is 0 Å². The standard InChI is InChI=1S/C18H17F3N2O3/c1-11-6-7-12(10-14(11)19)16(24)22-8-9-23-17(25)13-4-2-3-5-15(13)26-18(20)21/h2-7,10,18H,8-9H2,1H3,(H,22,24)(H,23,25). The predicted octanol–water partition coefficient (Wildman–Crippen LogP) is 2.90. The van der Waals surface area contributed by atoms with E-state index in [-0.39, 0.29) is 30.0 Å². The van der Waals surface area contributed by atoms with E-state index in [9.17, 15) is 22.8 Å². The van der Waals surface area contributed by atoms with Crippen LogP contribution in [0.25, 0.3) is 0 Å². The minimum Gasteiger partial charge on any atom is -0.434 e. The molecule has 2 amide bonds. The molecule has 26 heavy (non-hydrogen) atoms. The number of alkyl halides is 2. The van der Waals surface area contributed by atoms with Crippen molar-refractivity contribution in [1.29, 1.82) is 0 Å².